The molecule has 0 aliphatic rings. The van der Waals surface area contributed by atoms with Crippen molar-refractivity contribution in [3.05, 3.63) is 48.0 Å². The molecule has 7 nitrogen and oxygen atoms in total. The molecule has 1 N–H and O–H groups in total. The SMILES string of the molecule is CCOc1ccc(CCNc2nc(-c3ccc(OC)cc3)no2)cc1OCC. The van der Waals surface area contributed by atoms with Gasteiger partial charge in [0.2, 0.25) is 5.82 Å². The van der Waals surface area contributed by atoms with Gasteiger partial charge in [0, 0.05) is 12.1 Å². The van der Waals surface area contributed by atoms with Crippen LogP contribution in [-0.2, 0) is 6.42 Å². The van der Waals surface area contributed by atoms with E-state index < -0.39 is 0 Å². The van der Waals surface area contributed by atoms with Gasteiger partial charge in [0.25, 0.3) is 0 Å². The van der Waals surface area contributed by atoms with Gasteiger partial charge in [-0.2, -0.15) is 4.98 Å². The van der Waals surface area contributed by atoms with Crippen LogP contribution in [0.2, 0.25) is 0 Å². The van der Waals surface area contributed by atoms with Crippen molar-refractivity contribution in [2.45, 2.75) is 20.3 Å². The molecule has 0 atom stereocenters. The van der Waals surface area contributed by atoms with Crippen molar-refractivity contribution in [1.82, 2.24) is 10.1 Å². The van der Waals surface area contributed by atoms with Gasteiger partial charge in [0.05, 0.1) is 20.3 Å². The molecule has 28 heavy (non-hydrogen) atoms. The molecule has 0 radical (unpaired) electrons. The van der Waals surface area contributed by atoms with Crippen molar-refractivity contribution in [2.75, 3.05) is 32.2 Å². The van der Waals surface area contributed by atoms with Crippen LogP contribution in [-0.4, -0.2) is 37.0 Å². The van der Waals surface area contributed by atoms with Crippen molar-refractivity contribution in [2.24, 2.45) is 0 Å². The molecule has 0 saturated heterocycles. The van der Waals surface area contributed by atoms with E-state index in [0.717, 1.165) is 34.8 Å². The quantitative estimate of drug-likeness (QED) is 0.562. The highest BCUT2D eigenvalue weighted by atomic mass is 16.5. The molecular formula is C21H25N3O4. The zero-order valence-electron chi connectivity index (χ0n) is 16.4. The molecule has 0 unspecified atom stereocenters. The number of methoxy groups -OCH3 is 1. The van der Waals surface area contributed by atoms with Gasteiger partial charge in [-0.25, -0.2) is 0 Å². The average Bonchev–Trinajstić information content (AvgIpc) is 3.19. The van der Waals surface area contributed by atoms with E-state index in [2.05, 4.69) is 15.5 Å². The second-order valence-electron chi connectivity index (χ2n) is 5.98. The maximum absolute atomic E-state index is 5.67. The summed E-state index contributed by atoms with van der Waals surface area (Å²) < 4.78 is 21.7. The zero-order chi connectivity index (χ0) is 19.8. The van der Waals surface area contributed by atoms with Crippen LogP contribution in [0.15, 0.2) is 47.0 Å². The zero-order valence-corrected chi connectivity index (χ0v) is 16.4. The molecule has 2 aromatic carbocycles. The molecule has 0 amide bonds. The first-order valence-electron chi connectivity index (χ1n) is 9.34. The van der Waals surface area contributed by atoms with Gasteiger partial charge < -0.3 is 24.1 Å². The Labute approximate surface area is 164 Å². The van der Waals surface area contributed by atoms with Crippen LogP contribution in [0.5, 0.6) is 17.2 Å². The van der Waals surface area contributed by atoms with Gasteiger partial charge >= 0.3 is 6.01 Å². The summed E-state index contributed by atoms with van der Waals surface area (Å²) in [4.78, 5) is 4.38. The molecular weight excluding hydrogens is 358 g/mol. The highest BCUT2D eigenvalue weighted by molar-refractivity contribution is 5.56. The lowest BCUT2D eigenvalue weighted by molar-refractivity contribution is 0.287. The van der Waals surface area contributed by atoms with E-state index in [9.17, 15) is 0 Å². The summed E-state index contributed by atoms with van der Waals surface area (Å²) >= 11 is 0. The first kappa shape index (κ1) is 19.5. The predicted molar refractivity (Wildman–Crippen MR) is 107 cm³/mol. The van der Waals surface area contributed by atoms with E-state index in [1.54, 1.807) is 7.11 Å². The molecule has 0 saturated carbocycles. The Morgan fingerprint density at radius 3 is 2.43 bits per heavy atom. The predicted octanol–water partition coefficient (Wildman–Crippen LogP) is 4.20. The maximum atomic E-state index is 5.67. The molecule has 1 aromatic heterocycles. The number of nitrogens with one attached hydrogen (secondary N) is 1. The first-order chi connectivity index (χ1) is 13.7. The average molecular weight is 383 g/mol. The molecule has 0 aliphatic heterocycles. The highest BCUT2D eigenvalue weighted by Gasteiger charge is 2.09. The summed E-state index contributed by atoms with van der Waals surface area (Å²) in [6, 6.07) is 13.9. The van der Waals surface area contributed by atoms with Gasteiger partial charge in [-0.3, -0.25) is 0 Å². The monoisotopic (exact) mass is 383 g/mol. The fourth-order valence-electron chi connectivity index (χ4n) is 2.72. The smallest absolute Gasteiger partial charge is 0.321 e. The van der Waals surface area contributed by atoms with Crippen LogP contribution >= 0.6 is 0 Å². The number of hydrogen-bond donors (Lipinski definition) is 1. The summed E-state index contributed by atoms with van der Waals surface area (Å²) in [6.45, 7) is 5.77. The third-order valence-corrected chi connectivity index (χ3v) is 4.07. The standard InChI is InChI=1S/C21H25N3O4/c1-4-26-18-11-6-15(14-19(18)27-5-2)12-13-22-21-23-20(24-28-21)16-7-9-17(25-3)10-8-16/h6-11,14H,4-5,12-13H2,1-3H3,(H,22,23,24). The van der Waals surface area contributed by atoms with Gasteiger partial charge in [-0.1, -0.05) is 11.2 Å². The summed E-state index contributed by atoms with van der Waals surface area (Å²) in [5.41, 5.74) is 2.00. The molecule has 148 valence electrons. The van der Waals surface area contributed by atoms with Crippen LogP contribution in [0.1, 0.15) is 19.4 Å². The van der Waals surface area contributed by atoms with E-state index in [4.69, 9.17) is 18.7 Å². The Morgan fingerprint density at radius 1 is 0.964 bits per heavy atom. The summed E-state index contributed by atoms with van der Waals surface area (Å²) in [5.74, 6) is 2.85. The van der Waals surface area contributed by atoms with Gasteiger partial charge in [0.1, 0.15) is 5.75 Å². The van der Waals surface area contributed by atoms with Crippen LogP contribution < -0.4 is 19.5 Å². The Bertz CT molecular complexity index is 878. The van der Waals surface area contributed by atoms with Crippen molar-refractivity contribution in [3.8, 4) is 28.6 Å². The van der Waals surface area contributed by atoms with Crippen molar-refractivity contribution >= 4 is 6.01 Å². The van der Waals surface area contributed by atoms with E-state index >= 15 is 0 Å². The van der Waals surface area contributed by atoms with Crippen molar-refractivity contribution in [3.63, 3.8) is 0 Å². The number of anilines is 1. The molecule has 1 heterocycles. The number of nitrogens with zero attached hydrogens (tertiary/aromatic N) is 2. The minimum atomic E-state index is 0.391. The molecule has 0 fully saturated rings. The van der Waals surface area contributed by atoms with Crippen molar-refractivity contribution in [1.29, 1.82) is 0 Å². The van der Waals surface area contributed by atoms with Crippen LogP contribution in [0.4, 0.5) is 6.01 Å². The number of aromatic nitrogens is 2. The van der Waals surface area contributed by atoms with Gasteiger partial charge in [-0.05, 0) is 62.2 Å². The van der Waals surface area contributed by atoms with Crippen LogP contribution in [0.3, 0.4) is 0 Å². The number of ether oxygens (including phenoxy) is 3. The molecule has 3 aromatic rings. The summed E-state index contributed by atoms with van der Waals surface area (Å²) in [7, 11) is 1.63. The number of rotatable bonds is 10. The largest absolute Gasteiger partial charge is 0.497 e. The Kier molecular flexibility index (Phi) is 6.73. The fraction of sp³-hybridized carbons (Fsp3) is 0.333. The fourth-order valence-corrected chi connectivity index (χ4v) is 2.72. The molecule has 0 aliphatic carbocycles. The lowest BCUT2D eigenvalue weighted by Crippen LogP contribution is -2.06. The molecule has 3 rings (SSSR count). The molecule has 0 bridgehead atoms. The third kappa shape index (κ3) is 4.94. The van der Waals surface area contributed by atoms with Gasteiger partial charge in [0.15, 0.2) is 11.5 Å². The number of hydrogen-bond acceptors (Lipinski definition) is 7. The second-order valence-corrected chi connectivity index (χ2v) is 5.98. The summed E-state index contributed by atoms with van der Waals surface area (Å²) in [6.07, 6.45) is 0.784. The van der Waals surface area contributed by atoms with E-state index in [1.165, 1.54) is 0 Å². The van der Waals surface area contributed by atoms with Crippen LogP contribution in [0, 0.1) is 0 Å². The second kappa shape index (κ2) is 9.64. The summed E-state index contributed by atoms with van der Waals surface area (Å²) in [5, 5.41) is 7.17. The van der Waals surface area contributed by atoms with Gasteiger partial charge in [-0.15, -0.1) is 0 Å². The molecule has 7 heteroatoms. The lowest BCUT2D eigenvalue weighted by atomic mass is 10.1. The maximum Gasteiger partial charge on any atom is 0.321 e. The third-order valence-electron chi connectivity index (χ3n) is 4.07. The van der Waals surface area contributed by atoms with E-state index in [-0.39, 0.29) is 0 Å². The van der Waals surface area contributed by atoms with E-state index in [0.29, 0.717) is 31.6 Å². The Balaban J connectivity index is 1.57. The Morgan fingerprint density at radius 2 is 1.71 bits per heavy atom. The van der Waals surface area contributed by atoms with E-state index in [1.807, 2.05) is 56.3 Å². The van der Waals surface area contributed by atoms with Crippen molar-refractivity contribution < 1.29 is 18.7 Å². The minimum absolute atomic E-state index is 0.391. The molecule has 0 spiro atoms. The minimum Gasteiger partial charge on any atom is -0.497 e. The lowest BCUT2D eigenvalue weighted by Gasteiger charge is -2.12. The topological polar surface area (TPSA) is 78.6 Å². The first-order valence-corrected chi connectivity index (χ1v) is 9.34. The number of benzene rings is 2. The highest BCUT2D eigenvalue weighted by Crippen LogP contribution is 2.28. The Hall–Kier alpha value is -3.22. The van der Waals surface area contributed by atoms with Crippen LogP contribution in [0.25, 0.3) is 11.4 Å². The normalized spacial score (nSPS) is 10.5.